The number of aromatic nitrogens is 2. The van der Waals surface area contributed by atoms with E-state index in [1.165, 1.54) is 11.8 Å². The maximum absolute atomic E-state index is 11.8. The summed E-state index contributed by atoms with van der Waals surface area (Å²) in [6.07, 6.45) is 1.83. The van der Waals surface area contributed by atoms with E-state index in [1.807, 2.05) is 54.9 Å². The van der Waals surface area contributed by atoms with E-state index in [-0.39, 0.29) is 18.6 Å². The van der Waals surface area contributed by atoms with Crippen LogP contribution in [0.4, 0.5) is 0 Å². The third kappa shape index (κ3) is 4.89. The molecule has 0 saturated carbocycles. The Kier molecular flexibility index (Phi) is 6.03. The van der Waals surface area contributed by atoms with Crippen molar-refractivity contribution in [1.82, 2.24) is 14.9 Å². The maximum atomic E-state index is 11.8. The molecule has 118 valence electrons. The molecule has 5 nitrogen and oxygen atoms in total. The summed E-state index contributed by atoms with van der Waals surface area (Å²) in [4.78, 5) is 16.1. The number of rotatable bonds is 7. The third-order valence-corrected chi connectivity index (χ3v) is 3.92. The summed E-state index contributed by atoms with van der Waals surface area (Å²) in [6.45, 7) is 4.43. The molecule has 2 aromatic rings. The highest BCUT2D eigenvalue weighted by Gasteiger charge is 2.11. The van der Waals surface area contributed by atoms with Gasteiger partial charge in [0.15, 0.2) is 5.16 Å². The first-order valence-corrected chi connectivity index (χ1v) is 8.20. The molecular formula is C16H21N3O2S. The van der Waals surface area contributed by atoms with Crippen molar-refractivity contribution in [3.8, 4) is 0 Å². The number of nitrogens with zero attached hydrogens (tertiary/aromatic N) is 2. The average Bonchev–Trinajstić information content (AvgIpc) is 2.88. The molecule has 1 heterocycles. The fourth-order valence-electron chi connectivity index (χ4n) is 2.03. The predicted octanol–water partition coefficient (Wildman–Crippen LogP) is 2.04. The first-order valence-electron chi connectivity index (χ1n) is 7.21. The SMILES string of the molecule is CC(C)NC(=O)CSc1nc(CO)cn1Cc1ccccc1. The van der Waals surface area contributed by atoms with Crippen LogP contribution in [-0.4, -0.2) is 32.4 Å². The minimum Gasteiger partial charge on any atom is -0.390 e. The van der Waals surface area contributed by atoms with E-state index in [0.717, 1.165) is 10.7 Å². The van der Waals surface area contributed by atoms with E-state index in [2.05, 4.69) is 10.3 Å². The minimum atomic E-state index is -0.104. The van der Waals surface area contributed by atoms with Gasteiger partial charge in [0.05, 0.1) is 18.1 Å². The molecule has 1 aromatic carbocycles. The Morgan fingerprint density at radius 2 is 2.09 bits per heavy atom. The number of carbonyl (C=O) groups is 1. The van der Waals surface area contributed by atoms with Gasteiger partial charge in [-0.05, 0) is 19.4 Å². The van der Waals surface area contributed by atoms with Gasteiger partial charge in [0, 0.05) is 18.8 Å². The Hall–Kier alpha value is -1.79. The molecule has 0 aliphatic rings. The van der Waals surface area contributed by atoms with E-state index in [4.69, 9.17) is 0 Å². The topological polar surface area (TPSA) is 67.2 Å². The van der Waals surface area contributed by atoms with Crippen molar-refractivity contribution < 1.29 is 9.90 Å². The van der Waals surface area contributed by atoms with Crippen molar-refractivity contribution in [3.05, 3.63) is 47.8 Å². The largest absolute Gasteiger partial charge is 0.390 e. The fraction of sp³-hybridized carbons (Fsp3) is 0.375. The van der Waals surface area contributed by atoms with Crippen LogP contribution >= 0.6 is 11.8 Å². The Bertz CT molecular complexity index is 611. The van der Waals surface area contributed by atoms with E-state index >= 15 is 0 Å². The number of amides is 1. The van der Waals surface area contributed by atoms with Gasteiger partial charge >= 0.3 is 0 Å². The average molecular weight is 319 g/mol. The van der Waals surface area contributed by atoms with Crippen LogP contribution in [0.3, 0.4) is 0 Å². The Morgan fingerprint density at radius 1 is 1.36 bits per heavy atom. The molecule has 0 atom stereocenters. The third-order valence-electron chi connectivity index (χ3n) is 2.93. The Morgan fingerprint density at radius 3 is 2.73 bits per heavy atom. The van der Waals surface area contributed by atoms with Crippen molar-refractivity contribution >= 4 is 17.7 Å². The first-order chi connectivity index (χ1) is 10.6. The summed E-state index contributed by atoms with van der Waals surface area (Å²) in [5, 5.41) is 12.9. The number of aliphatic hydroxyl groups is 1. The maximum Gasteiger partial charge on any atom is 0.230 e. The van der Waals surface area contributed by atoms with Crippen LogP contribution in [0.1, 0.15) is 25.1 Å². The van der Waals surface area contributed by atoms with Gasteiger partial charge in [-0.25, -0.2) is 4.98 Å². The van der Waals surface area contributed by atoms with Gasteiger partial charge in [-0.1, -0.05) is 42.1 Å². The monoisotopic (exact) mass is 319 g/mol. The molecule has 2 rings (SSSR count). The Balaban J connectivity index is 2.06. The van der Waals surface area contributed by atoms with Crippen molar-refractivity contribution in [2.45, 2.75) is 38.2 Å². The lowest BCUT2D eigenvalue weighted by Crippen LogP contribution is -2.31. The highest BCUT2D eigenvalue weighted by molar-refractivity contribution is 7.99. The summed E-state index contributed by atoms with van der Waals surface area (Å²) < 4.78 is 1.97. The van der Waals surface area contributed by atoms with Gasteiger partial charge in [0.2, 0.25) is 5.91 Å². The first kappa shape index (κ1) is 16.6. The summed E-state index contributed by atoms with van der Waals surface area (Å²) in [6, 6.07) is 10.2. The Labute approximate surface area is 134 Å². The zero-order valence-electron chi connectivity index (χ0n) is 12.8. The van der Waals surface area contributed by atoms with E-state index in [1.54, 1.807) is 0 Å². The zero-order chi connectivity index (χ0) is 15.9. The van der Waals surface area contributed by atoms with Crippen molar-refractivity contribution in [2.75, 3.05) is 5.75 Å². The van der Waals surface area contributed by atoms with Gasteiger partial charge in [-0.2, -0.15) is 0 Å². The van der Waals surface area contributed by atoms with E-state index < -0.39 is 0 Å². The smallest absolute Gasteiger partial charge is 0.230 e. The molecule has 22 heavy (non-hydrogen) atoms. The second-order valence-electron chi connectivity index (χ2n) is 5.30. The van der Waals surface area contributed by atoms with Gasteiger partial charge in [0.1, 0.15) is 0 Å². The van der Waals surface area contributed by atoms with Crippen LogP contribution in [-0.2, 0) is 17.9 Å². The minimum absolute atomic E-state index is 0.0141. The van der Waals surface area contributed by atoms with Crippen LogP contribution in [0, 0.1) is 0 Å². The zero-order valence-corrected chi connectivity index (χ0v) is 13.6. The highest BCUT2D eigenvalue weighted by Crippen LogP contribution is 2.19. The van der Waals surface area contributed by atoms with Crippen LogP contribution in [0.25, 0.3) is 0 Å². The lowest BCUT2D eigenvalue weighted by Gasteiger charge is -2.09. The number of hydrogen-bond acceptors (Lipinski definition) is 4. The van der Waals surface area contributed by atoms with Crippen LogP contribution < -0.4 is 5.32 Å². The summed E-state index contributed by atoms with van der Waals surface area (Å²) in [7, 11) is 0. The van der Waals surface area contributed by atoms with Crippen molar-refractivity contribution in [3.63, 3.8) is 0 Å². The van der Waals surface area contributed by atoms with Gasteiger partial charge in [0.25, 0.3) is 0 Å². The van der Waals surface area contributed by atoms with Gasteiger partial charge in [-0.15, -0.1) is 0 Å². The molecule has 6 heteroatoms. The van der Waals surface area contributed by atoms with Crippen LogP contribution in [0.15, 0.2) is 41.7 Å². The number of aliphatic hydroxyl groups excluding tert-OH is 1. The van der Waals surface area contributed by atoms with E-state index in [0.29, 0.717) is 18.0 Å². The summed E-state index contributed by atoms with van der Waals surface area (Å²) in [5.41, 5.74) is 1.76. The predicted molar refractivity (Wildman–Crippen MR) is 87.7 cm³/mol. The molecule has 1 aromatic heterocycles. The molecule has 2 N–H and O–H groups in total. The molecule has 0 spiro atoms. The summed E-state index contributed by atoms with van der Waals surface area (Å²) in [5.74, 6) is 0.300. The lowest BCUT2D eigenvalue weighted by atomic mass is 10.2. The molecule has 0 saturated heterocycles. The highest BCUT2D eigenvalue weighted by atomic mass is 32.2. The molecule has 0 aliphatic heterocycles. The molecule has 0 aliphatic carbocycles. The van der Waals surface area contributed by atoms with Gasteiger partial charge < -0.3 is 15.0 Å². The second kappa shape index (κ2) is 8.00. The van der Waals surface area contributed by atoms with Gasteiger partial charge in [-0.3, -0.25) is 4.79 Å². The number of benzene rings is 1. The number of hydrogen-bond donors (Lipinski definition) is 2. The lowest BCUT2D eigenvalue weighted by molar-refractivity contribution is -0.119. The van der Waals surface area contributed by atoms with Crippen LogP contribution in [0.5, 0.6) is 0 Å². The summed E-state index contributed by atoms with van der Waals surface area (Å²) >= 11 is 1.38. The van der Waals surface area contributed by atoms with Crippen molar-refractivity contribution in [2.24, 2.45) is 0 Å². The molecule has 0 bridgehead atoms. The molecule has 0 radical (unpaired) electrons. The molecule has 0 unspecified atom stereocenters. The number of imidazole rings is 1. The molecule has 0 fully saturated rings. The quantitative estimate of drug-likeness (QED) is 0.767. The van der Waals surface area contributed by atoms with Crippen molar-refractivity contribution in [1.29, 1.82) is 0 Å². The normalized spacial score (nSPS) is 10.9. The number of carbonyl (C=O) groups excluding carboxylic acids is 1. The second-order valence-corrected chi connectivity index (χ2v) is 6.24. The molecule has 1 amide bonds. The van der Waals surface area contributed by atoms with Crippen LogP contribution in [0.2, 0.25) is 0 Å². The van der Waals surface area contributed by atoms with E-state index in [9.17, 15) is 9.90 Å². The standard InChI is InChI=1S/C16H21N3O2S/c1-12(2)17-15(21)11-22-16-18-14(10-20)9-19(16)8-13-6-4-3-5-7-13/h3-7,9,12,20H,8,10-11H2,1-2H3,(H,17,21). The number of nitrogens with one attached hydrogen (secondary N) is 1. The molecular weight excluding hydrogens is 298 g/mol. The number of thioether (sulfide) groups is 1. The fourth-order valence-corrected chi connectivity index (χ4v) is 2.84.